The number of nitrogens with one attached hydrogen (secondary N) is 1. The standard InChI is InChI=1S/C10H19N3O2/c1-2-5-8-6-3-4-7-13(8)10(15)9(14)12-11/h8H,2-7,11H2,1H3,(H,12,14). The van der Waals surface area contributed by atoms with Crippen LogP contribution in [0.4, 0.5) is 0 Å². The number of piperidine rings is 1. The van der Waals surface area contributed by atoms with Crippen molar-refractivity contribution in [1.29, 1.82) is 0 Å². The minimum atomic E-state index is -0.710. The maximum absolute atomic E-state index is 11.6. The SMILES string of the molecule is CCCC1CCCCN1C(=O)C(=O)NN. The van der Waals surface area contributed by atoms with Crippen molar-refractivity contribution in [3.05, 3.63) is 0 Å². The summed E-state index contributed by atoms with van der Waals surface area (Å²) in [6.45, 7) is 2.76. The van der Waals surface area contributed by atoms with Crippen LogP contribution in [-0.4, -0.2) is 29.3 Å². The number of carbonyl (C=O) groups is 2. The van der Waals surface area contributed by atoms with Crippen LogP contribution in [-0.2, 0) is 9.59 Å². The molecule has 86 valence electrons. The predicted octanol–water partition coefficient (Wildman–Crippen LogP) is 0.158. The lowest BCUT2D eigenvalue weighted by Gasteiger charge is -2.35. The van der Waals surface area contributed by atoms with Crippen LogP contribution in [0.2, 0.25) is 0 Å². The molecule has 2 amide bonds. The molecule has 1 atom stereocenters. The quantitative estimate of drug-likeness (QED) is 0.297. The smallest absolute Gasteiger partial charge is 0.323 e. The average molecular weight is 213 g/mol. The fourth-order valence-corrected chi connectivity index (χ4v) is 2.09. The molecule has 15 heavy (non-hydrogen) atoms. The Kier molecular flexibility index (Phi) is 4.55. The van der Waals surface area contributed by atoms with Crippen molar-refractivity contribution >= 4 is 11.8 Å². The molecule has 0 aliphatic carbocycles. The summed E-state index contributed by atoms with van der Waals surface area (Å²) in [5, 5.41) is 0. The van der Waals surface area contributed by atoms with E-state index in [9.17, 15) is 9.59 Å². The van der Waals surface area contributed by atoms with Gasteiger partial charge in [-0.15, -0.1) is 0 Å². The Morgan fingerprint density at radius 2 is 2.20 bits per heavy atom. The third kappa shape index (κ3) is 2.92. The first-order valence-electron chi connectivity index (χ1n) is 5.52. The van der Waals surface area contributed by atoms with Gasteiger partial charge in [0.05, 0.1) is 0 Å². The van der Waals surface area contributed by atoms with Gasteiger partial charge in [0, 0.05) is 12.6 Å². The maximum Gasteiger partial charge on any atom is 0.323 e. The zero-order valence-electron chi connectivity index (χ0n) is 9.16. The lowest BCUT2D eigenvalue weighted by Crippen LogP contribution is -2.51. The van der Waals surface area contributed by atoms with Crippen molar-refractivity contribution in [2.75, 3.05) is 6.54 Å². The molecular weight excluding hydrogens is 194 g/mol. The number of carbonyl (C=O) groups excluding carboxylic acids is 2. The highest BCUT2D eigenvalue weighted by Crippen LogP contribution is 2.20. The lowest BCUT2D eigenvalue weighted by molar-refractivity contribution is -0.148. The molecular formula is C10H19N3O2. The van der Waals surface area contributed by atoms with Crippen LogP contribution in [0.5, 0.6) is 0 Å². The van der Waals surface area contributed by atoms with E-state index in [1.54, 1.807) is 4.90 Å². The minimum Gasteiger partial charge on any atom is -0.331 e. The van der Waals surface area contributed by atoms with Gasteiger partial charge < -0.3 is 4.90 Å². The van der Waals surface area contributed by atoms with Gasteiger partial charge in [-0.25, -0.2) is 5.84 Å². The molecule has 1 rings (SSSR count). The topological polar surface area (TPSA) is 75.4 Å². The minimum absolute atomic E-state index is 0.216. The first-order chi connectivity index (χ1) is 7.20. The van der Waals surface area contributed by atoms with Crippen LogP contribution in [0.25, 0.3) is 0 Å². The number of likely N-dealkylation sites (tertiary alicyclic amines) is 1. The van der Waals surface area contributed by atoms with Gasteiger partial charge in [-0.05, 0) is 25.7 Å². The van der Waals surface area contributed by atoms with Gasteiger partial charge in [-0.1, -0.05) is 13.3 Å². The highest BCUT2D eigenvalue weighted by atomic mass is 16.2. The molecule has 1 unspecified atom stereocenters. The van der Waals surface area contributed by atoms with E-state index in [1.807, 2.05) is 5.43 Å². The maximum atomic E-state index is 11.6. The highest BCUT2D eigenvalue weighted by molar-refractivity contribution is 6.34. The van der Waals surface area contributed by atoms with Gasteiger partial charge in [0.25, 0.3) is 0 Å². The molecule has 0 aromatic rings. The molecule has 1 aliphatic heterocycles. The van der Waals surface area contributed by atoms with Crippen LogP contribution < -0.4 is 11.3 Å². The summed E-state index contributed by atoms with van der Waals surface area (Å²) in [4.78, 5) is 24.4. The number of nitrogens with two attached hydrogens (primary N) is 1. The van der Waals surface area contributed by atoms with Crippen molar-refractivity contribution in [1.82, 2.24) is 10.3 Å². The molecule has 0 aromatic heterocycles. The van der Waals surface area contributed by atoms with Crippen molar-refractivity contribution < 1.29 is 9.59 Å². The molecule has 1 fully saturated rings. The summed E-state index contributed by atoms with van der Waals surface area (Å²) >= 11 is 0. The number of hydrogen-bond acceptors (Lipinski definition) is 3. The Labute approximate surface area is 90.0 Å². The van der Waals surface area contributed by atoms with Crippen LogP contribution in [0.1, 0.15) is 39.0 Å². The third-order valence-corrected chi connectivity index (χ3v) is 2.84. The lowest BCUT2D eigenvalue weighted by atomic mass is 9.98. The van der Waals surface area contributed by atoms with Crippen LogP contribution >= 0.6 is 0 Å². The fraction of sp³-hybridized carbons (Fsp3) is 0.800. The summed E-state index contributed by atoms with van der Waals surface area (Å²) < 4.78 is 0. The number of rotatable bonds is 2. The van der Waals surface area contributed by atoms with Gasteiger partial charge in [0.15, 0.2) is 0 Å². The predicted molar refractivity (Wildman–Crippen MR) is 56.6 cm³/mol. The Bertz CT molecular complexity index is 241. The van der Waals surface area contributed by atoms with Gasteiger partial charge in [-0.2, -0.15) is 0 Å². The zero-order chi connectivity index (χ0) is 11.3. The van der Waals surface area contributed by atoms with Crippen LogP contribution in [0.3, 0.4) is 0 Å². The molecule has 5 heteroatoms. The molecule has 0 bridgehead atoms. The fourth-order valence-electron chi connectivity index (χ4n) is 2.09. The van der Waals surface area contributed by atoms with Gasteiger partial charge in [0.1, 0.15) is 0 Å². The van der Waals surface area contributed by atoms with E-state index in [4.69, 9.17) is 5.84 Å². The molecule has 0 saturated carbocycles. The van der Waals surface area contributed by atoms with Crippen LogP contribution in [0, 0.1) is 0 Å². The van der Waals surface area contributed by atoms with Gasteiger partial charge >= 0.3 is 11.8 Å². The molecule has 0 spiro atoms. The Morgan fingerprint density at radius 3 is 2.80 bits per heavy atom. The first-order valence-corrected chi connectivity index (χ1v) is 5.52. The van der Waals surface area contributed by atoms with Crippen molar-refractivity contribution in [3.8, 4) is 0 Å². The first kappa shape index (κ1) is 12.0. The Hall–Kier alpha value is -1.10. The second-order valence-electron chi connectivity index (χ2n) is 3.91. The van der Waals surface area contributed by atoms with Crippen molar-refractivity contribution in [2.45, 2.75) is 45.1 Å². The van der Waals surface area contributed by atoms with E-state index >= 15 is 0 Å². The summed E-state index contributed by atoms with van der Waals surface area (Å²) in [7, 11) is 0. The second kappa shape index (κ2) is 5.70. The molecule has 1 aliphatic rings. The summed E-state index contributed by atoms with van der Waals surface area (Å²) in [6.07, 6.45) is 5.10. The van der Waals surface area contributed by atoms with E-state index in [0.29, 0.717) is 6.54 Å². The van der Waals surface area contributed by atoms with Crippen molar-refractivity contribution in [2.24, 2.45) is 5.84 Å². The second-order valence-corrected chi connectivity index (χ2v) is 3.91. The summed E-state index contributed by atoms with van der Waals surface area (Å²) in [6, 6.07) is 0.216. The molecule has 3 N–H and O–H groups in total. The molecule has 1 saturated heterocycles. The van der Waals surface area contributed by atoms with Gasteiger partial charge in [0.2, 0.25) is 0 Å². The van der Waals surface area contributed by atoms with E-state index in [2.05, 4.69) is 6.92 Å². The molecule has 5 nitrogen and oxygen atoms in total. The normalized spacial score (nSPS) is 21.2. The molecule has 1 heterocycles. The summed E-state index contributed by atoms with van der Waals surface area (Å²) in [5.74, 6) is 3.75. The van der Waals surface area contributed by atoms with Crippen LogP contribution in [0.15, 0.2) is 0 Å². The highest BCUT2D eigenvalue weighted by Gasteiger charge is 2.29. The van der Waals surface area contributed by atoms with E-state index in [1.165, 1.54) is 0 Å². The largest absolute Gasteiger partial charge is 0.331 e. The molecule has 0 aromatic carbocycles. The Balaban J connectivity index is 2.62. The van der Waals surface area contributed by atoms with Crippen molar-refractivity contribution in [3.63, 3.8) is 0 Å². The van der Waals surface area contributed by atoms with Gasteiger partial charge in [-0.3, -0.25) is 15.0 Å². The number of hydrogen-bond donors (Lipinski definition) is 2. The summed E-state index contributed by atoms with van der Waals surface area (Å²) in [5.41, 5.74) is 1.89. The number of amides is 2. The van der Waals surface area contributed by atoms with E-state index in [-0.39, 0.29) is 6.04 Å². The van der Waals surface area contributed by atoms with E-state index < -0.39 is 11.8 Å². The number of nitrogens with zero attached hydrogens (tertiary/aromatic N) is 1. The monoisotopic (exact) mass is 213 g/mol. The zero-order valence-corrected chi connectivity index (χ0v) is 9.16. The molecule has 0 radical (unpaired) electrons. The average Bonchev–Trinajstić information content (AvgIpc) is 2.28. The third-order valence-electron chi connectivity index (χ3n) is 2.84. The number of hydrazine groups is 1. The Morgan fingerprint density at radius 1 is 1.47 bits per heavy atom. The van der Waals surface area contributed by atoms with E-state index in [0.717, 1.165) is 32.1 Å².